The Morgan fingerprint density at radius 2 is 2.06 bits per heavy atom. The maximum Gasteiger partial charge on any atom is 0.323 e. The highest BCUT2D eigenvalue weighted by Gasteiger charge is 2.03. The average molecular weight is 254 g/mol. The van der Waals surface area contributed by atoms with Gasteiger partial charge in [0.05, 0.1) is 11.0 Å². The monoisotopic (exact) mass is 253 g/mol. The molecular weight excluding hydrogens is 238 g/mol. The molecule has 0 unspecified atom stereocenters. The van der Waals surface area contributed by atoms with Crippen LogP contribution in [0.1, 0.15) is 12.0 Å². The average Bonchev–Trinajstić information content (AvgIpc) is 2.65. The Labute approximate surface area is 105 Å². The maximum absolute atomic E-state index is 11.1. The van der Waals surface area contributed by atoms with Crippen molar-refractivity contribution < 1.29 is 0 Å². The summed E-state index contributed by atoms with van der Waals surface area (Å²) in [6.45, 7) is 1.84. The van der Waals surface area contributed by atoms with Gasteiger partial charge < -0.3 is 14.9 Å². The largest absolute Gasteiger partial charge is 0.323 e. The standard InChI is InChI=1S/C12H16ClN3O/c1-16(6-2-5-13)8-9-3-4-10-11(7-9)15-12(17)14-10/h3-4,7H,2,5-6,8H2,1H3,(H2,14,15,17). The van der Waals surface area contributed by atoms with Gasteiger partial charge in [0.15, 0.2) is 0 Å². The normalized spacial score (nSPS) is 11.5. The topological polar surface area (TPSA) is 51.9 Å². The van der Waals surface area contributed by atoms with Crippen LogP contribution in [0.25, 0.3) is 11.0 Å². The van der Waals surface area contributed by atoms with E-state index in [1.54, 1.807) is 0 Å². The lowest BCUT2D eigenvalue weighted by Gasteiger charge is -2.15. The molecule has 0 radical (unpaired) electrons. The highest BCUT2D eigenvalue weighted by atomic mass is 35.5. The Balaban J connectivity index is 2.10. The fourth-order valence-electron chi connectivity index (χ4n) is 1.90. The number of alkyl halides is 1. The van der Waals surface area contributed by atoms with Crippen molar-refractivity contribution in [3.05, 3.63) is 34.2 Å². The molecule has 0 atom stereocenters. The molecule has 0 fully saturated rings. The minimum absolute atomic E-state index is 0.160. The van der Waals surface area contributed by atoms with Gasteiger partial charge in [0.1, 0.15) is 0 Å². The van der Waals surface area contributed by atoms with Crippen LogP contribution in [-0.2, 0) is 6.54 Å². The second-order valence-corrected chi connectivity index (χ2v) is 4.62. The first kappa shape index (κ1) is 12.2. The van der Waals surface area contributed by atoms with Crippen LogP contribution in [-0.4, -0.2) is 34.3 Å². The van der Waals surface area contributed by atoms with E-state index in [2.05, 4.69) is 21.9 Å². The van der Waals surface area contributed by atoms with Crippen molar-refractivity contribution in [1.82, 2.24) is 14.9 Å². The molecule has 92 valence electrons. The second-order valence-electron chi connectivity index (χ2n) is 4.24. The summed E-state index contributed by atoms with van der Waals surface area (Å²) in [4.78, 5) is 18.8. The van der Waals surface area contributed by atoms with Crippen molar-refractivity contribution in [3.8, 4) is 0 Å². The Morgan fingerprint density at radius 3 is 2.82 bits per heavy atom. The van der Waals surface area contributed by atoms with E-state index in [0.29, 0.717) is 5.88 Å². The van der Waals surface area contributed by atoms with Gasteiger partial charge in [0, 0.05) is 12.4 Å². The third-order valence-corrected chi connectivity index (χ3v) is 2.97. The summed E-state index contributed by atoms with van der Waals surface area (Å²) >= 11 is 5.66. The molecule has 0 aliphatic heterocycles. The minimum atomic E-state index is -0.160. The van der Waals surface area contributed by atoms with Gasteiger partial charge in [0.2, 0.25) is 0 Å². The molecule has 0 aliphatic carbocycles. The number of benzene rings is 1. The van der Waals surface area contributed by atoms with Crippen LogP contribution < -0.4 is 5.69 Å². The summed E-state index contributed by atoms with van der Waals surface area (Å²) in [7, 11) is 2.07. The molecule has 0 amide bonds. The maximum atomic E-state index is 11.1. The molecule has 0 spiro atoms. The first-order chi connectivity index (χ1) is 8.19. The van der Waals surface area contributed by atoms with E-state index in [0.717, 1.165) is 30.5 Å². The van der Waals surface area contributed by atoms with Gasteiger partial charge >= 0.3 is 5.69 Å². The van der Waals surface area contributed by atoms with Crippen LogP contribution in [0.2, 0.25) is 0 Å². The van der Waals surface area contributed by atoms with Crippen molar-refractivity contribution in [2.45, 2.75) is 13.0 Å². The van der Waals surface area contributed by atoms with Crippen molar-refractivity contribution in [1.29, 1.82) is 0 Å². The summed E-state index contributed by atoms with van der Waals surface area (Å²) in [5, 5.41) is 0. The molecule has 2 rings (SSSR count). The number of nitrogens with zero attached hydrogens (tertiary/aromatic N) is 1. The molecule has 17 heavy (non-hydrogen) atoms. The third kappa shape index (κ3) is 3.11. The van der Waals surface area contributed by atoms with Crippen LogP contribution >= 0.6 is 11.6 Å². The van der Waals surface area contributed by atoms with Gasteiger partial charge in [0.25, 0.3) is 0 Å². The zero-order valence-corrected chi connectivity index (χ0v) is 10.5. The SMILES string of the molecule is CN(CCCCl)Cc1ccc2[nH]c(=O)[nH]c2c1. The number of rotatable bonds is 5. The lowest BCUT2D eigenvalue weighted by molar-refractivity contribution is 0.328. The summed E-state index contributed by atoms with van der Waals surface area (Å²) in [5.74, 6) is 0.689. The third-order valence-electron chi connectivity index (χ3n) is 2.71. The van der Waals surface area contributed by atoms with Gasteiger partial charge in [-0.3, -0.25) is 0 Å². The van der Waals surface area contributed by atoms with Crippen molar-refractivity contribution >= 4 is 22.6 Å². The lowest BCUT2D eigenvalue weighted by atomic mass is 10.2. The summed E-state index contributed by atoms with van der Waals surface area (Å²) in [5.41, 5.74) is 2.73. The Morgan fingerprint density at radius 1 is 1.29 bits per heavy atom. The van der Waals surface area contributed by atoms with Crippen molar-refractivity contribution in [2.75, 3.05) is 19.5 Å². The molecule has 0 saturated carbocycles. The van der Waals surface area contributed by atoms with Crippen LogP contribution in [0.4, 0.5) is 0 Å². The minimum Gasteiger partial charge on any atom is -0.306 e. The number of hydrogen-bond donors (Lipinski definition) is 2. The summed E-state index contributed by atoms with van der Waals surface area (Å²) in [6, 6.07) is 5.96. The number of nitrogens with one attached hydrogen (secondary N) is 2. The van der Waals surface area contributed by atoms with Gasteiger partial charge in [-0.25, -0.2) is 4.79 Å². The smallest absolute Gasteiger partial charge is 0.306 e. The molecule has 1 aromatic carbocycles. The Hall–Kier alpha value is -1.26. The number of aromatic amines is 2. The predicted molar refractivity (Wildman–Crippen MR) is 70.6 cm³/mol. The Kier molecular flexibility index (Phi) is 3.86. The van der Waals surface area contributed by atoms with E-state index in [1.165, 1.54) is 5.56 Å². The zero-order chi connectivity index (χ0) is 12.3. The van der Waals surface area contributed by atoms with Crippen LogP contribution in [0.5, 0.6) is 0 Å². The number of H-pyrrole nitrogens is 2. The fraction of sp³-hybridized carbons (Fsp3) is 0.417. The first-order valence-electron chi connectivity index (χ1n) is 5.64. The molecule has 2 aromatic rings. The molecule has 0 saturated heterocycles. The van der Waals surface area contributed by atoms with Crippen LogP contribution in [0, 0.1) is 0 Å². The highest BCUT2D eigenvalue weighted by Crippen LogP contribution is 2.11. The van der Waals surface area contributed by atoms with Gasteiger partial charge in [-0.1, -0.05) is 6.07 Å². The molecule has 1 aromatic heterocycles. The van der Waals surface area contributed by atoms with E-state index in [4.69, 9.17) is 11.6 Å². The molecule has 1 heterocycles. The number of fused-ring (bicyclic) bond motifs is 1. The summed E-state index contributed by atoms with van der Waals surface area (Å²) in [6.07, 6.45) is 0.987. The van der Waals surface area contributed by atoms with Gasteiger partial charge in [-0.05, 0) is 37.7 Å². The van der Waals surface area contributed by atoms with Crippen molar-refractivity contribution in [2.24, 2.45) is 0 Å². The number of imidazole rings is 1. The Bertz CT molecular complexity index is 546. The number of hydrogen-bond acceptors (Lipinski definition) is 2. The second kappa shape index (κ2) is 5.38. The van der Waals surface area contributed by atoms with Gasteiger partial charge in [-0.15, -0.1) is 11.6 Å². The number of aromatic nitrogens is 2. The molecule has 0 bridgehead atoms. The molecule has 0 aliphatic rings. The van der Waals surface area contributed by atoms with E-state index in [9.17, 15) is 4.79 Å². The quantitative estimate of drug-likeness (QED) is 0.800. The predicted octanol–water partition coefficient (Wildman–Crippen LogP) is 1.92. The van der Waals surface area contributed by atoms with Crippen LogP contribution in [0.15, 0.2) is 23.0 Å². The fourth-order valence-corrected chi connectivity index (χ4v) is 2.02. The van der Waals surface area contributed by atoms with E-state index in [1.807, 2.05) is 18.2 Å². The van der Waals surface area contributed by atoms with E-state index < -0.39 is 0 Å². The zero-order valence-electron chi connectivity index (χ0n) is 9.79. The number of halogens is 1. The molecule has 4 nitrogen and oxygen atoms in total. The van der Waals surface area contributed by atoms with Crippen molar-refractivity contribution in [3.63, 3.8) is 0 Å². The summed E-state index contributed by atoms with van der Waals surface area (Å²) < 4.78 is 0. The van der Waals surface area contributed by atoms with Crippen LogP contribution in [0.3, 0.4) is 0 Å². The van der Waals surface area contributed by atoms with E-state index >= 15 is 0 Å². The first-order valence-corrected chi connectivity index (χ1v) is 6.18. The van der Waals surface area contributed by atoms with Gasteiger partial charge in [-0.2, -0.15) is 0 Å². The lowest BCUT2D eigenvalue weighted by Crippen LogP contribution is -2.19. The molecular formula is C12H16ClN3O. The van der Waals surface area contributed by atoms with E-state index in [-0.39, 0.29) is 5.69 Å². The highest BCUT2D eigenvalue weighted by molar-refractivity contribution is 6.17. The molecule has 5 heteroatoms. The molecule has 2 N–H and O–H groups in total.